The van der Waals surface area contributed by atoms with Crippen molar-refractivity contribution in [3.8, 4) is 78.3 Å². The summed E-state index contributed by atoms with van der Waals surface area (Å²) in [5.41, 5.74) is 22.8. The molecule has 18 rings (SSSR count). The molecule has 3 radical (unpaired) electrons. The van der Waals surface area contributed by atoms with E-state index in [4.69, 9.17) is 22.1 Å². The van der Waals surface area contributed by atoms with E-state index in [1.54, 1.807) is 0 Å². The molecule has 5 aromatic heterocycles. The maximum atomic E-state index is 11.5. The van der Waals surface area contributed by atoms with E-state index in [0.717, 1.165) is 78.3 Å². The Balaban J connectivity index is 0.000000183. The SMILES string of the molecule is CC(C)(C)C(=O)C=C(O)C(C)(C)C.CC(C)C(=O)C=C(O)C(C)C.CC1(C)c2ccccc2-c2cc[c-]c(-c3cc([Si](C)(C)C)c4ccc(-c5ccccc5)cc4n3)c21.C[Si](C)(C)c1cc(-c2[c-]cc3sc4ccccc4c3c2)nc2cc(-c3ccccc3)ccc12.C[Si](C)(C)c1cc(-c2[c-]ccc3c2oc2ccccc23)nc2cc(-c3ccccc3)ccc12.[2H]C(C)(C)C(=O)C=C(O)C([2H])(C)C.[Ir].[Ir].[Ir]. The minimum atomic E-state index is -1.64. The molecule has 0 unspecified atom stereocenters. The average molecular weight is 2450 g/mol. The van der Waals surface area contributed by atoms with Crippen LogP contribution in [0.15, 0.2) is 313 Å². The number of fused-ring (bicyclic) bond motifs is 12. The van der Waals surface area contributed by atoms with Crippen molar-refractivity contribution in [3.63, 3.8) is 0 Å². The summed E-state index contributed by atoms with van der Waals surface area (Å²) in [6.45, 7) is 50.6. The largest absolute Gasteiger partial charge is 0.512 e. The van der Waals surface area contributed by atoms with Crippen molar-refractivity contribution in [2.75, 3.05) is 0 Å². The van der Waals surface area contributed by atoms with Gasteiger partial charge in [-0.2, -0.15) is 11.3 Å². The van der Waals surface area contributed by atoms with E-state index in [1.807, 2.05) is 105 Å². The molecule has 0 atom stereocenters. The first-order chi connectivity index (χ1) is 64.8. The first-order valence-electron chi connectivity index (χ1n) is 47.9. The molecule has 17 aromatic rings. The second kappa shape index (κ2) is 45.8. The van der Waals surface area contributed by atoms with Crippen molar-refractivity contribution in [1.82, 2.24) is 15.0 Å². The summed E-state index contributed by atoms with van der Waals surface area (Å²) in [5.74, 6) is -2.97. The zero-order valence-corrected chi connectivity index (χ0v) is 95.6. The van der Waals surface area contributed by atoms with Crippen LogP contribution in [-0.2, 0) is 80.1 Å². The number of aromatic nitrogens is 3. The molecule has 17 heteroatoms. The monoisotopic (exact) mass is 2450 g/mol. The van der Waals surface area contributed by atoms with Crippen molar-refractivity contribution in [1.29, 1.82) is 0 Å². The molecule has 5 heterocycles. The number of allylic oxidation sites excluding steroid dienone is 6. The number of benzene rings is 12. The number of carbonyl (C=O) groups excluding carboxylic acids is 3. The van der Waals surface area contributed by atoms with Gasteiger partial charge in [-0.05, 0) is 124 Å². The zero-order valence-electron chi connectivity index (χ0n) is 86.6. The third-order valence-electron chi connectivity index (χ3n) is 24.6. The minimum Gasteiger partial charge on any atom is -0.512 e. The molecule has 723 valence electrons. The van der Waals surface area contributed by atoms with E-state index in [1.165, 1.54) is 147 Å². The van der Waals surface area contributed by atoms with Gasteiger partial charge in [0.15, 0.2) is 17.3 Å². The number of thiophene rings is 1. The molecule has 0 saturated carbocycles. The van der Waals surface area contributed by atoms with Crippen LogP contribution in [0.4, 0.5) is 0 Å². The van der Waals surface area contributed by atoms with Gasteiger partial charge < -0.3 is 19.7 Å². The van der Waals surface area contributed by atoms with Crippen LogP contribution in [0.1, 0.15) is 125 Å². The van der Waals surface area contributed by atoms with Crippen molar-refractivity contribution >= 4 is 143 Å². The maximum absolute atomic E-state index is 11.5. The first kappa shape index (κ1) is 107. The van der Waals surface area contributed by atoms with E-state index in [2.05, 4.69) is 340 Å². The molecule has 0 amide bonds. The Labute approximate surface area is 873 Å². The van der Waals surface area contributed by atoms with Crippen LogP contribution in [0, 0.1) is 52.7 Å². The number of pyridine rings is 3. The quantitative estimate of drug-likeness (QED) is 0.0367. The van der Waals surface area contributed by atoms with Gasteiger partial charge >= 0.3 is 0 Å². The first-order valence-corrected chi connectivity index (χ1v) is 58.3. The number of aliphatic hydroxyl groups excluding tert-OH is 3. The van der Waals surface area contributed by atoms with Crippen molar-refractivity contribution in [2.45, 2.75) is 175 Å². The molecule has 0 bridgehead atoms. The van der Waals surface area contributed by atoms with Crippen molar-refractivity contribution in [2.24, 2.45) is 34.5 Å². The molecule has 0 saturated heterocycles. The van der Waals surface area contributed by atoms with Crippen LogP contribution in [0.3, 0.4) is 0 Å². The fourth-order valence-electron chi connectivity index (χ4n) is 16.5. The number of para-hydroxylation sites is 1. The normalized spacial score (nSPS) is 13.0. The van der Waals surface area contributed by atoms with Gasteiger partial charge in [0.05, 0.1) is 57.9 Å². The smallest absolute Gasteiger partial charge is 0.164 e. The van der Waals surface area contributed by atoms with Crippen LogP contribution < -0.4 is 15.6 Å². The number of hydrogen-bond donors (Lipinski definition) is 3. The Hall–Kier alpha value is -10.9. The molecular weight excluding hydrogens is 2310 g/mol. The van der Waals surface area contributed by atoms with Gasteiger partial charge in [0.2, 0.25) is 0 Å². The number of ketones is 3. The maximum Gasteiger partial charge on any atom is 0.164 e. The fourth-order valence-corrected chi connectivity index (χ4v) is 22.3. The average Bonchev–Trinajstić information content (AvgIpc) is 1.58. The molecule has 12 aromatic carbocycles. The number of furan rings is 1. The summed E-state index contributed by atoms with van der Waals surface area (Å²) in [6, 6.07) is 108. The molecule has 1 aliphatic rings. The van der Waals surface area contributed by atoms with Crippen LogP contribution in [0.25, 0.3) is 153 Å². The molecular formula is C122H130Ir3N3O7SSi3-3. The van der Waals surface area contributed by atoms with Gasteiger partial charge in [-0.25, -0.2) is 0 Å². The van der Waals surface area contributed by atoms with Gasteiger partial charge in [-0.3, -0.25) is 29.3 Å². The number of hydrogen-bond acceptors (Lipinski definition) is 11. The number of carbonyl (C=O) groups is 3. The Kier molecular flexibility index (Phi) is 35.2. The predicted molar refractivity (Wildman–Crippen MR) is 586 cm³/mol. The molecule has 0 aliphatic heterocycles. The molecule has 0 fully saturated rings. The van der Waals surface area contributed by atoms with Crippen LogP contribution >= 0.6 is 11.3 Å². The van der Waals surface area contributed by atoms with Gasteiger partial charge in [0.25, 0.3) is 0 Å². The number of rotatable bonds is 16. The molecule has 139 heavy (non-hydrogen) atoms. The minimum absolute atomic E-state index is 0. The van der Waals surface area contributed by atoms with E-state index in [9.17, 15) is 29.7 Å². The third kappa shape index (κ3) is 26.1. The fraction of sp³-hybridized carbons (Fsp3) is 0.262. The summed E-state index contributed by atoms with van der Waals surface area (Å²) in [4.78, 5) is 49.4. The number of aliphatic hydroxyl groups is 3. The van der Waals surface area contributed by atoms with E-state index in [-0.39, 0.29) is 112 Å². The van der Waals surface area contributed by atoms with Crippen LogP contribution in [0.5, 0.6) is 0 Å². The molecule has 0 spiro atoms. The number of nitrogens with zero attached hydrogens (tertiary/aromatic N) is 3. The molecule has 10 nitrogen and oxygen atoms in total. The standard InChI is InChI=1S/C33H30NSi.C30H24NOSi.C30H24NSSi.C11H20O2.2C9H16O2.3Ir/c1-33(2)28-17-10-9-14-24(28)25-15-11-16-27(32(25)33)30-21-31(35(3,4)5)26-19-18-23(20-29(26)34-30)22-12-7-6-8-13-22;1-33(2,3)29-19-27(25-14-9-13-23-22-12-7-8-15-28(22)32-30(23)25)31-26-18-21(16-17-24(26)29)20-10-5-4-6-11-20;1-33(2,3)30-19-26(22-14-16-29-25(17-22)23-11-7-8-12-28(23)32-29)31-27-18-21(13-15-24(27)30)20-9-5-4-6-10-20;1-10(2,3)8(12)7-9(13)11(4,5)6;2*1-6(2)8(10)5-9(11)7(3)4;;;/h6-15,17-21H,1-5H3;2*4-13,15-19H,1-3H3;7,12H,1-6H3;2*5-7,10H,1-4H3;;;/q3*-1;;;;;;/i;;;;6D,7D;;;;. The Morgan fingerprint density at radius 2 is 0.835 bits per heavy atom. The van der Waals surface area contributed by atoms with E-state index >= 15 is 0 Å². The second-order valence-electron chi connectivity index (χ2n) is 42.0. The second-order valence-corrected chi connectivity index (χ2v) is 58.2. The Morgan fingerprint density at radius 1 is 0.403 bits per heavy atom. The van der Waals surface area contributed by atoms with E-state index in [0.29, 0.717) is 0 Å². The van der Waals surface area contributed by atoms with Gasteiger partial charge in [-0.1, -0.05) is 413 Å². The predicted octanol–water partition coefficient (Wildman–Crippen LogP) is 32.0. The van der Waals surface area contributed by atoms with Crippen molar-refractivity contribution < 1.29 is 97.2 Å². The Bertz CT molecular complexity index is 7450. The summed E-state index contributed by atoms with van der Waals surface area (Å²) in [5, 5.41) is 41.0. The van der Waals surface area contributed by atoms with Gasteiger partial charge in [0.1, 0.15) is 11.3 Å². The van der Waals surface area contributed by atoms with E-state index < -0.39 is 47.2 Å². The van der Waals surface area contributed by atoms with Gasteiger partial charge in [-0.15, -0.1) is 71.3 Å². The van der Waals surface area contributed by atoms with Crippen LogP contribution in [-0.4, -0.2) is 71.8 Å². The zero-order chi connectivity index (χ0) is 100. The summed E-state index contributed by atoms with van der Waals surface area (Å²) in [6.07, 6.45) is 3.61. The molecule has 3 N–H and O–H groups in total. The molecule has 1 aliphatic carbocycles. The summed E-state index contributed by atoms with van der Waals surface area (Å²) < 4.78 is 23.7. The van der Waals surface area contributed by atoms with Crippen LogP contribution in [0.2, 0.25) is 58.9 Å². The van der Waals surface area contributed by atoms with Gasteiger partial charge in [0, 0.05) is 126 Å². The van der Waals surface area contributed by atoms with Crippen molar-refractivity contribution in [3.05, 3.63) is 338 Å². The summed E-state index contributed by atoms with van der Waals surface area (Å²) >= 11 is 1.83. The topological polar surface area (TPSA) is 164 Å². The Morgan fingerprint density at radius 3 is 1.30 bits per heavy atom. The third-order valence-corrected chi connectivity index (χ3v) is 31.8. The summed E-state index contributed by atoms with van der Waals surface area (Å²) in [7, 11) is -4.87.